The minimum atomic E-state index is -0.350. The number of thiocarbonyl (C=S) groups is 1. The predicted molar refractivity (Wildman–Crippen MR) is 139 cm³/mol. The fourth-order valence-corrected chi connectivity index (χ4v) is 3.46. The van der Waals surface area contributed by atoms with Gasteiger partial charge in [0.15, 0.2) is 5.11 Å². The summed E-state index contributed by atoms with van der Waals surface area (Å²) in [6.07, 6.45) is 2.04. The highest BCUT2D eigenvalue weighted by atomic mass is 32.1. The van der Waals surface area contributed by atoms with E-state index < -0.39 is 0 Å². The molecule has 0 aliphatic heterocycles. The van der Waals surface area contributed by atoms with Crippen molar-refractivity contribution in [2.24, 2.45) is 0 Å². The second-order valence-electron chi connectivity index (χ2n) is 7.79. The summed E-state index contributed by atoms with van der Waals surface area (Å²) < 4.78 is 5.62. The third-order valence-corrected chi connectivity index (χ3v) is 5.38. The smallest absolute Gasteiger partial charge is 0.257 e. The fraction of sp³-hybridized carbons (Fsp3) is 0.222. The van der Waals surface area contributed by atoms with Crippen molar-refractivity contribution in [2.45, 2.75) is 32.7 Å². The maximum atomic E-state index is 12.9. The Morgan fingerprint density at radius 1 is 0.912 bits per heavy atom. The van der Waals surface area contributed by atoms with Crippen LogP contribution in [0.3, 0.4) is 0 Å². The quantitative estimate of drug-likeness (QED) is 0.282. The van der Waals surface area contributed by atoms with E-state index >= 15 is 0 Å². The Balaban J connectivity index is 1.59. The number of benzene rings is 3. The number of carbonyl (C=O) groups is 2. The van der Waals surface area contributed by atoms with Gasteiger partial charge in [0.05, 0.1) is 23.9 Å². The van der Waals surface area contributed by atoms with Gasteiger partial charge in [-0.1, -0.05) is 55.8 Å². The molecule has 0 spiro atoms. The number of amides is 2. The summed E-state index contributed by atoms with van der Waals surface area (Å²) in [5, 5.41) is 8.72. The highest BCUT2D eigenvalue weighted by molar-refractivity contribution is 7.80. The van der Waals surface area contributed by atoms with Gasteiger partial charge in [-0.3, -0.25) is 14.9 Å². The number of carbonyl (C=O) groups excluding carboxylic acids is 2. The van der Waals surface area contributed by atoms with Crippen molar-refractivity contribution in [3.05, 3.63) is 95.6 Å². The molecule has 0 aliphatic carbocycles. The molecule has 34 heavy (non-hydrogen) atoms. The van der Waals surface area contributed by atoms with E-state index in [9.17, 15) is 9.59 Å². The Labute approximate surface area is 205 Å². The first kappa shape index (κ1) is 24.9. The zero-order chi connectivity index (χ0) is 24.3. The molecule has 0 saturated heterocycles. The number of hydrogen-bond acceptors (Lipinski definition) is 4. The number of hydrogen-bond donors (Lipinski definition) is 3. The molecular formula is C27H29N3O3S. The zero-order valence-electron chi connectivity index (χ0n) is 19.3. The number of rotatable bonds is 9. The first-order chi connectivity index (χ1) is 16.5. The standard InChI is InChI=1S/C27H29N3O3S/c1-3-4-18-33-22-16-14-21(15-17-22)25(31)30-27(34)29-24-13-9-8-12-23(24)26(32)28-19(2)20-10-6-5-7-11-20/h5-17,19H,3-4,18H2,1-2H3,(H,28,32)(H2,29,30,31,34). The highest BCUT2D eigenvalue weighted by Gasteiger charge is 2.16. The molecule has 7 heteroatoms. The molecule has 3 aromatic rings. The van der Waals surface area contributed by atoms with Gasteiger partial charge < -0.3 is 15.4 Å². The van der Waals surface area contributed by atoms with Gasteiger partial charge in [-0.05, 0) is 67.5 Å². The Morgan fingerprint density at radius 2 is 1.59 bits per heavy atom. The average Bonchev–Trinajstić information content (AvgIpc) is 2.85. The lowest BCUT2D eigenvalue weighted by molar-refractivity contribution is 0.0939. The van der Waals surface area contributed by atoms with Crippen LogP contribution in [0.4, 0.5) is 5.69 Å². The molecule has 3 rings (SSSR count). The van der Waals surface area contributed by atoms with Gasteiger partial charge in [0.25, 0.3) is 11.8 Å². The summed E-state index contributed by atoms with van der Waals surface area (Å²) >= 11 is 5.32. The Kier molecular flexibility index (Phi) is 9.17. The zero-order valence-corrected chi connectivity index (χ0v) is 20.2. The molecule has 3 aromatic carbocycles. The molecule has 0 radical (unpaired) electrons. The average molecular weight is 476 g/mol. The topological polar surface area (TPSA) is 79.5 Å². The second-order valence-corrected chi connectivity index (χ2v) is 8.19. The molecule has 0 fully saturated rings. The molecule has 176 valence electrons. The van der Waals surface area contributed by atoms with Gasteiger partial charge in [0.1, 0.15) is 5.75 Å². The molecule has 6 nitrogen and oxygen atoms in total. The van der Waals surface area contributed by atoms with Crippen molar-refractivity contribution in [3.63, 3.8) is 0 Å². The largest absolute Gasteiger partial charge is 0.494 e. The van der Waals surface area contributed by atoms with Crippen molar-refractivity contribution < 1.29 is 14.3 Å². The predicted octanol–water partition coefficient (Wildman–Crippen LogP) is 5.48. The lowest BCUT2D eigenvalue weighted by Crippen LogP contribution is -2.35. The first-order valence-corrected chi connectivity index (χ1v) is 11.7. The van der Waals surface area contributed by atoms with Crippen LogP contribution >= 0.6 is 12.2 Å². The minimum absolute atomic E-state index is 0.102. The molecule has 0 saturated carbocycles. The third-order valence-electron chi connectivity index (χ3n) is 5.18. The van der Waals surface area contributed by atoms with E-state index in [1.165, 1.54) is 0 Å². The summed E-state index contributed by atoms with van der Waals surface area (Å²) in [6.45, 7) is 4.67. The molecule has 1 atom stereocenters. The highest BCUT2D eigenvalue weighted by Crippen LogP contribution is 2.18. The van der Waals surface area contributed by atoms with Gasteiger partial charge in [0, 0.05) is 5.56 Å². The number of para-hydroxylation sites is 1. The van der Waals surface area contributed by atoms with Crippen molar-refractivity contribution in [1.29, 1.82) is 0 Å². The second kappa shape index (κ2) is 12.5. The van der Waals surface area contributed by atoms with Crippen LogP contribution in [-0.2, 0) is 0 Å². The van der Waals surface area contributed by atoms with Crippen LogP contribution in [0.5, 0.6) is 5.75 Å². The van der Waals surface area contributed by atoms with Crippen LogP contribution < -0.4 is 20.7 Å². The number of unbranched alkanes of at least 4 members (excludes halogenated alkanes) is 1. The molecular weight excluding hydrogens is 446 g/mol. The van der Waals surface area contributed by atoms with Gasteiger partial charge in [-0.25, -0.2) is 0 Å². The number of anilines is 1. The third kappa shape index (κ3) is 7.15. The maximum Gasteiger partial charge on any atom is 0.257 e. The molecule has 0 aromatic heterocycles. The van der Waals surface area contributed by atoms with Crippen molar-refractivity contribution in [2.75, 3.05) is 11.9 Å². The number of ether oxygens (including phenoxy) is 1. The van der Waals surface area contributed by atoms with Crippen LogP contribution in [0.15, 0.2) is 78.9 Å². The van der Waals surface area contributed by atoms with Gasteiger partial charge >= 0.3 is 0 Å². The number of nitrogens with one attached hydrogen (secondary N) is 3. The van der Waals surface area contributed by atoms with Crippen molar-refractivity contribution in [3.8, 4) is 5.75 Å². The summed E-state index contributed by atoms with van der Waals surface area (Å²) in [7, 11) is 0. The van der Waals surface area contributed by atoms with Crippen LogP contribution in [0.2, 0.25) is 0 Å². The minimum Gasteiger partial charge on any atom is -0.494 e. The maximum absolute atomic E-state index is 12.9. The Morgan fingerprint density at radius 3 is 2.29 bits per heavy atom. The van der Waals surface area contributed by atoms with E-state index in [1.54, 1.807) is 48.5 Å². The SMILES string of the molecule is CCCCOc1ccc(C(=O)NC(=S)Nc2ccccc2C(=O)NC(C)c2ccccc2)cc1. The van der Waals surface area contributed by atoms with E-state index in [0.717, 1.165) is 24.2 Å². The van der Waals surface area contributed by atoms with Crippen LogP contribution in [-0.4, -0.2) is 23.5 Å². The lowest BCUT2D eigenvalue weighted by atomic mass is 10.1. The normalized spacial score (nSPS) is 11.2. The first-order valence-electron chi connectivity index (χ1n) is 11.3. The fourth-order valence-electron chi connectivity index (χ4n) is 3.26. The summed E-state index contributed by atoms with van der Waals surface area (Å²) in [6, 6.07) is 23.5. The molecule has 1 unspecified atom stereocenters. The Hall–Kier alpha value is -3.71. The van der Waals surface area contributed by atoms with E-state index in [2.05, 4.69) is 22.9 Å². The molecule has 0 bridgehead atoms. The molecule has 2 amide bonds. The van der Waals surface area contributed by atoms with E-state index in [0.29, 0.717) is 23.4 Å². The Bertz CT molecular complexity index is 1120. The van der Waals surface area contributed by atoms with E-state index in [1.807, 2.05) is 37.3 Å². The van der Waals surface area contributed by atoms with Crippen molar-refractivity contribution in [1.82, 2.24) is 10.6 Å². The molecule has 0 aliphatic rings. The summed E-state index contributed by atoms with van der Waals surface area (Å²) in [5.41, 5.74) is 2.39. The molecule has 3 N–H and O–H groups in total. The van der Waals surface area contributed by atoms with E-state index in [-0.39, 0.29) is 23.0 Å². The monoisotopic (exact) mass is 475 g/mol. The van der Waals surface area contributed by atoms with Crippen LogP contribution in [0, 0.1) is 0 Å². The molecule has 0 heterocycles. The lowest BCUT2D eigenvalue weighted by Gasteiger charge is -2.17. The summed E-state index contributed by atoms with van der Waals surface area (Å²) in [5.74, 6) is 0.125. The van der Waals surface area contributed by atoms with Gasteiger partial charge in [-0.2, -0.15) is 0 Å². The van der Waals surface area contributed by atoms with Gasteiger partial charge in [-0.15, -0.1) is 0 Å². The van der Waals surface area contributed by atoms with Gasteiger partial charge in [0.2, 0.25) is 0 Å². The van der Waals surface area contributed by atoms with Crippen molar-refractivity contribution >= 4 is 34.8 Å². The van der Waals surface area contributed by atoms with Crippen LogP contribution in [0.25, 0.3) is 0 Å². The van der Waals surface area contributed by atoms with E-state index in [4.69, 9.17) is 17.0 Å². The van der Waals surface area contributed by atoms with Crippen LogP contribution in [0.1, 0.15) is 59.0 Å². The summed E-state index contributed by atoms with van der Waals surface area (Å²) in [4.78, 5) is 25.5.